The molecule has 3 N–H and O–H groups in total. The summed E-state index contributed by atoms with van der Waals surface area (Å²) in [6.07, 6.45) is -1.10. The Balaban J connectivity index is 1.47. The molecule has 4 rings (SSSR count). The van der Waals surface area contributed by atoms with Gasteiger partial charge in [0.25, 0.3) is 0 Å². The molecule has 1 saturated heterocycles. The number of aliphatic hydroxyl groups excluding tert-OH is 1. The van der Waals surface area contributed by atoms with Gasteiger partial charge in [0.05, 0.1) is 25.2 Å². The first-order valence-electron chi connectivity index (χ1n) is 13.6. The average molecular weight is 547 g/mol. The van der Waals surface area contributed by atoms with Gasteiger partial charge in [0, 0.05) is 37.5 Å². The topological polar surface area (TPSA) is 108 Å². The quantitative estimate of drug-likeness (QED) is 0.305. The molecule has 1 fully saturated rings. The number of hydrogen-bond acceptors (Lipinski definition) is 6. The van der Waals surface area contributed by atoms with E-state index >= 15 is 0 Å². The van der Waals surface area contributed by atoms with Crippen molar-refractivity contribution in [2.24, 2.45) is 5.92 Å². The van der Waals surface area contributed by atoms with Gasteiger partial charge in [-0.1, -0.05) is 85.8 Å². The van der Waals surface area contributed by atoms with E-state index in [0.29, 0.717) is 6.54 Å². The second-order valence-corrected chi connectivity index (χ2v) is 10.4. The lowest BCUT2D eigenvalue weighted by Gasteiger charge is -2.42. The Morgan fingerprint density at radius 1 is 0.850 bits per heavy atom. The maximum Gasteiger partial charge on any atom is 0.303 e. The predicted octanol–water partition coefficient (Wildman–Crippen LogP) is 4.58. The number of carboxylic acids is 1. The summed E-state index contributed by atoms with van der Waals surface area (Å²) in [6, 6.07) is 25.9. The summed E-state index contributed by atoms with van der Waals surface area (Å²) in [7, 11) is 2.10. The molecule has 1 aliphatic heterocycles. The van der Waals surface area contributed by atoms with Gasteiger partial charge in [-0.05, 0) is 29.3 Å². The van der Waals surface area contributed by atoms with Crippen molar-refractivity contribution in [1.29, 1.82) is 0 Å². The molecule has 40 heavy (non-hydrogen) atoms. The normalized spacial score (nSPS) is 20.8. The van der Waals surface area contributed by atoms with Gasteiger partial charge in [0.1, 0.15) is 0 Å². The van der Waals surface area contributed by atoms with Crippen LogP contribution >= 0.6 is 0 Å². The molecule has 212 valence electrons. The number of aliphatic carboxylic acids is 1. The van der Waals surface area contributed by atoms with Gasteiger partial charge in [-0.15, -0.1) is 0 Å². The second-order valence-electron chi connectivity index (χ2n) is 10.4. The summed E-state index contributed by atoms with van der Waals surface area (Å²) < 4.78 is 13.1. The molecule has 8 nitrogen and oxygen atoms in total. The fraction of sp³-hybridized carbons (Fsp3) is 0.375. The Labute approximate surface area is 235 Å². The Bertz CT molecular complexity index is 1230. The van der Waals surface area contributed by atoms with Crippen LogP contribution in [0.1, 0.15) is 60.0 Å². The van der Waals surface area contributed by atoms with E-state index < -0.39 is 12.3 Å². The van der Waals surface area contributed by atoms with Crippen LogP contribution in [0.3, 0.4) is 0 Å². The summed E-state index contributed by atoms with van der Waals surface area (Å²) >= 11 is 0. The Morgan fingerprint density at radius 2 is 1.50 bits per heavy atom. The molecule has 1 amide bonds. The average Bonchev–Trinajstić information content (AvgIpc) is 2.97. The van der Waals surface area contributed by atoms with Gasteiger partial charge in [0.2, 0.25) is 5.91 Å². The van der Waals surface area contributed by atoms with Gasteiger partial charge in [-0.25, -0.2) is 0 Å². The lowest BCUT2D eigenvalue weighted by molar-refractivity contribution is -0.276. The predicted molar refractivity (Wildman–Crippen MR) is 151 cm³/mol. The van der Waals surface area contributed by atoms with Crippen LogP contribution in [-0.2, 0) is 38.8 Å². The highest BCUT2D eigenvalue weighted by Gasteiger charge is 2.38. The van der Waals surface area contributed by atoms with Gasteiger partial charge in [-0.3, -0.25) is 14.5 Å². The molecule has 0 aliphatic carbocycles. The number of amides is 1. The highest BCUT2D eigenvalue weighted by Crippen LogP contribution is 2.41. The zero-order valence-electron chi connectivity index (χ0n) is 23.0. The molecule has 0 bridgehead atoms. The van der Waals surface area contributed by atoms with Crippen LogP contribution in [0.15, 0.2) is 78.9 Å². The largest absolute Gasteiger partial charge is 0.481 e. The number of rotatable bonds is 12. The van der Waals surface area contributed by atoms with Crippen LogP contribution in [0.2, 0.25) is 0 Å². The van der Waals surface area contributed by atoms with Crippen LogP contribution in [0.5, 0.6) is 0 Å². The SMILES string of the molecule is C[C@@H]1[C@H](CN(C)Cc2ccccc2)O[C@H](c2ccc(CNC(=O)CCC(=O)O)cc2)O[C@@H]1c1ccc(CO)cc1. The number of ether oxygens (including phenoxy) is 2. The van der Waals surface area contributed by atoms with Gasteiger partial charge in [0.15, 0.2) is 6.29 Å². The van der Waals surface area contributed by atoms with Crippen molar-refractivity contribution < 1.29 is 29.3 Å². The Kier molecular flexibility index (Phi) is 10.4. The van der Waals surface area contributed by atoms with Crippen LogP contribution in [-0.4, -0.2) is 46.7 Å². The third-order valence-corrected chi connectivity index (χ3v) is 7.22. The van der Waals surface area contributed by atoms with Crippen molar-refractivity contribution in [2.45, 2.75) is 58.0 Å². The van der Waals surface area contributed by atoms with E-state index in [1.54, 1.807) is 0 Å². The van der Waals surface area contributed by atoms with Crippen molar-refractivity contribution >= 4 is 11.9 Å². The first-order chi connectivity index (χ1) is 19.3. The smallest absolute Gasteiger partial charge is 0.303 e. The number of likely N-dealkylation sites (N-methyl/N-ethyl adjacent to an activating group) is 1. The lowest BCUT2D eigenvalue weighted by atomic mass is 9.90. The summed E-state index contributed by atoms with van der Waals surface area (Å²) in [6.45, 7) is 3.99. The molecule has 3 aromatic carbocycles. The Hall–Kier alpha value is -3.56. The number of benzene rings is 3. The molecule has 0 unspecified atom stereocenters. The van der Waals surface area contributed by atoms with Crippen LogP contribution in [0.25, 0.3) is 0 Å². The van der Waals surface area contributed by atoms with Crippen molar-refractivity contribution in [3.63, 3.8) is 0 Å². The fourth-order valence-corrected chi connectivity index (χ4v) is 4.90. The highest BCUT2D eigenvalue weighted by molar-refractivity contribution is 5.80. The van der Waals surface area contributed by atoms with Crippen LogP contribution in [0, 0.1) is 5.92 Å². The minimum absolute atomic E-state index is 0.00758. The molecule has 0 aromatic heterocycles. The van der Waals surface area contributed by atoms with Crippen molar-refractivity contribution in [3.8, 4) is 0 Å². The molecule has 1 heterocycles. The van der Waals surface area contributed by atoms with E-state index in [-0.39, 0.29) is 43.5 Å². The monoisotopic (exact) mass is 546 g/mol. The molecule has 4 atom stereocenters. The first-order valence-corrected chi connectivity index (χ1v) is 13.6. The molecule has 0 saturated carbocycles. The van der Waals surface area contributed by atoms with E-state index in [2.05, 4.69) is 36.3 Å². The molecule has 1 aliphatic rings. The van der Waals surface area contributed by atoms with Crippen molar-refractivity contribution in [3.05, 3.63) is 107 Å². The first kappa shape index (κ1) is 29.4. The van der Waals surface area contributed by atoms with Gasteiger partial charge in [-0.2, -0.15) is 0 Å². The molecule has 3 aromatic rings. The maximum absolute atomic E-state index is 11.9. The standard InChI is InChI=1S/C32H38N2O6/c1-22-28(20-34(2)19-24-6-4-3-5-7-24)39-32(40-31(22)26-12-10-25(21-35)11-13-26)27-14-8-23(9-15-27)18-33-29(36)16-17-30(37)38/h3-15,22,28,31-32,35H,16-21H2,1-2H3,(H,33,36)(H,37,38)/t22-,28+,31+,32+/m1/s1. The lowest BCUT2D eigenvalue weighted by Crippen LogP contribution is -2.43. The van der Waals surface area contributed by atoms with E-state index in [1.807, 2.05) is 66.7 Å². The molecule has 0 spiro atoms. The summed E-state index contributed by atoms with van der Waals surface area (Å²) in [4.78, 5) is 24.8. The van der Waals surface area contributed by atoms with Crippen molar-refractivity contribution in [1.82, 2.24) is 10.2 Å². The number of carboxylic acid groups (broad SMARTS) is 1. The highest BCUT2D eigenvalue weighted by atomic mass is 16.7. The van der Waals surface area contributed by atoms with E-state index in [4.69, 9.17) is 14.6 Å². The fourth-order valence-electron chi connectivity index (χ4n) is 4.90. The molecule has 8 heteroatoms. The maximum atomic E-state index is 11.9. The molecular formula is C32H38N2O6. The van der Waals surface area contributed by atoms with Crippen LogP contribution in [0.4, 0.5) is 0 Å². The second kappa shape index (κ2) is 14.2. The summed E-state index contributed by atoms with van der Waals surface area (Å²) in [5, 5.41) is 21.0. The van der Waals surface area contributed by atoms with Gasteiger partial charge >= 0.3 is 5.97 Å². The number of nitrogens with zero attached hydrogens (tertiary/aromatic N) is 1. The molecular weight excluding hydrogens is 508 g/mol. The van der Waals surface area contributed by atoms with Gasteiger partial charge < -0.3 is 25.0 Å². The third-order valence-electron chi connectivity index (χ3n) is 7.22. The minimum atomic E-state index is -0.992. The summed E-state index contributed by atoms with van der Waals surface area (Å²) in [5.74, 6) is -1.21. The zero-order valence-corrected chi connectivity index (χ0v) is 23.0. The number of aliphatic hydroxyl groups is 1. The van der Waals surface area contributed by atoms with E-state index in [9.17, 15) is 14.7 Å². The molecule has 0 radical (unpaired) electrons. The Morgan fingerprint density at radius 3 is 2.15 bits per heavy atom. The van der Waals surface area contributed by atoms with Crippen molar-refractivity contribution in [2.75, 3.05) is 13.6 Å². The number of carbonyl (C=O) groups is 2. The zero-order chi connectivity index (χ0) is 28.5. The summed E-state index contributed by atoms with van der Waals surface area (Å²) in [5.41, 5.74) is 4.90. The van der Waals surface area contributed by atoms with Crippen LogP contribution < -0.4 is 5.32 Å². The number of carbonyl (C=O) groups excluding carboxylic acids is 1. The third kappa shape index (κ3) is 8.22. The number of nitrogens with one attached hydrogen (secondary N) is 1. The van der Waals surface area contributed by atoms with E-state index in [0.717, 1.165) is 35.3 Å². The minimum Gasteiger partial charge on any atom is -0.481 e. The van der Waals surface area contributed by atoms with E-state index in [1.165, 1.54) is 5.56 Å². The number of hydrogen-bond donors (Lipinski definition) is 3.